The average Bonchev–Trinajstić information content (AvgIpc) is 2.63. The van der Waals surface area contributed by atoms with Crippen molar-refractivity contribution in [1.82, 2.24) is 0 Å². The van der Waals surface area contributed by atoms with Gasteiger partial charge in [0, 0.05) is 5.41 Å². The Morgan fingerprint density at radius 3 is 3.08 bits per heavy atom. The molecule has 3 atom stereocenters. The Kier molecular flexibility index (Phi) is 1.09. The van der Waals surface area contributed by atoms with Crippen LogP contribution in [0.3, 0.4) is 0 Å². The normalized spacial score (nSPS) is 50.8. The molecular weight excluding hydrogens is 168 g/mol. The van der Waals surface area contributed by atoms with Gasteiger partial charge in [0.05, 0.1) is 11.7 Å². The Hall–Kier alpha value is -0.990. The van der Waals surface area contributed by atoms with Gasteiger partial charge in [0.1, 0.15) is 12.7 Å². The number of esters is 1. The lowest BCUT2D eigenvalue weighted by molar-refractivity contribution is -0.177. The highest BCUT2D eigenvalue weighted by Crippen LogP contribution is 2.81. The second-order valence-electron chi connectivity index (χ2n) is 4.30. The lowest BCUT2D eigenvalue weighted by atomic mass is 9.69. The third-order valence-corrected chi connectivity index (χ3v) is 4.08. The monoisotopic (exact) mass is 180 g/mol. The van der Waals surface area contributed by atoms with Crippen LogP contribution in [0.25, 0.3) is 0 Å². The molecule has 3 heteroatoms. The van der Waals surface area contributed by atoms with Crippen LogP contribution >= 0.6 is 0 Å². The smallest absolute Gasteiger partial charge is 0.312 e. The quantitative estimate of drug-likeness (QED) is 0.474. The molecule has 0 aromatic rings. The molecular formula is C10H12O3. The van der Waals surface area contributed by atoms with E-state index in [0.29, 0.717) is 6.61 Å². The number of ether oxygens (including phenoxy) is 2. The van der Waals surface area contributed by atoms with Gasteiger partial charge in [-0.2, -0.15) is 0 Å². The Morgan fingerprint density at radius 1 is 1.62 bits per heavy atom. The topological polar surface area (TPSA) is 35.5 Å². The maximum atomic E-state index is 11.5. The molecule has 2 aliphatic carbocycles. The van der Waals surface area contributed by atoms with Gasteiger partial charge in [-0.1, -0.05) is 6.58 Å². The van der Waals surface area contributed by atoms with Gasteiger partial charge in [0.15, 0.2) is 0 Å². The first kappa shape index (κ1) is 7.42. The molecule has 3 nitrogen and oxygen atoms in total. The van der Waals surface area contributed by atoms with Crippen molar-refractivity contribution in [2.45, 2.75) is 25.4 Å². The van der Waals surface area contributed by atoms with Crippen molar-refractivity contribution >= 4 is 5.97 Å². The molecule has 3 unspecified atom stereocenters. The average molecular weight is 180 g/mol. The number of carbonyl (C=O) groups is 1. The molecule has 1 saturated heterocycles. The van der Waals surface area contributed by atoms with Crippen LogP contribution in [0.5, 0.6) is 0 Å². The Morgan fingerprint density at radius 2 is 2.46 bits per heavy atom. The highest BCUT2D eigenvalue weighted by molar-refractivity contribution is 5.85. The molecule has 2 saturated carbocycles. The summed E-state index contributed by atoms with van der Waals surface area (Å²) in [7, 11) is 0. The first-order chi connectivity index (χ1) is 6.25. The fourth-order valence-electron chi connectivity index (χ4n) is 3.11. The van der Waals surface area contributed by atoms with Crippen LogP contribution in [0.1, 0.15) is 19.3 Å². The van der Waals surface area contributed by atoms with E-state index >= 15 is 0 Å². The van der Waals surface area contributed by atoms with Crippen LogP contribution in [0.2, 0.25) is 0 Å². The molecule has 70 valence electrons. The second kappa shape index (κ2) is 1.91. The van der Waals surface area contributed by atoms with Crippen LogP contribution in [0.4, 0.5) is 0 Å². The van der Waals surface area contributed by atoms with E-state index in [-0.39, 0.29) is 22.9 Å². The van der Waals surface area contributed by atoms with Crippen molar-refractivity contribution in [2.75, 3.05) is 6.61 Å². The van der Waals surface area contributed by atoms with Crippen molar-refractivity contribution in [2.24, 2.45) is 10.8 Å². The molecule has 3 fully saturated rings. The fraction of sp³-hybridized carbons (Fsp3) is 0.700. The molecule has 0 radical (unpaired) electrons. The maximum Gasteiger partial charge on any atom is 0.312 e. The highest BCUT2D eigenvalue weighted by atomic mass is 16.6. The Bertz CT molecular complexity index is 299. The van der Waals surface area contributed by atoms with Gasteiger partial charge >= 0.3 is 5.97 Å². The van der Waals surface area contributed by atoms with E-state index in [0.717, 1.165) is 19.3 Å². The van der Waals surface area contributed by atoms with Gasteiger partial charge in [-0.05, 0) is 19.3 Å². The number of rotatable bonds is 2. The molecule has 3 rings (SSSR count). The number of hydrogen-bond acceptors (Lipinski definition) is 3. The molecule has 0 N–H and O–H groups in total. The minimum Gasteiger partial charge on any atom is -0.494 e. The van der Waals surface area contributed by atoms with Gasteiger partial charge in [0.2, 0.25) is 0 Å². The van der Waals surface area contributed by atoms with Crippen molar-refractivity contribution in [3.05, 3.63) is 12.8 Å². The summed E-state index contributed by atoms with van der Waals surface area (Å²) < 4.78 is 10.5. The maximum absolute atomic E-state index is 11.5. The van der Waals surface area contributed by atoms with E-state index in [1.807, 2.05) is 0 Å². The number of carbonyl (C=O) groups excluding carboxylic acids is 1. The summed E-state index contributed by atoms with van der Waals surface area (Å²) in [4.78, 5) is 11.5. The van der Waals surface area contributed by atoms with E-state index in [4.69, 9.17) is 9.47 Å². The van der Waals surface area contributed by atoms with Gasteiger partial charge < -0.3 is 9.47 Å². The molecule has 0 aromatic carbocycles. The summed E-state index contributed by atoms with van der Waals surface area (Å²) >= 11 is 0. The van der Waals surface area contributed by atoms with E-state index in [9.17, 15) is 4.79 Å². The summed E-state index contributed by atoms with van der Waals surface area (Å²) in [6.45, 7) is 3.95. The standard InChI is InChI=1S/C10H12O3/c1-2-12-7-5-13-8(11)10-4-3-9(7,10)6-10/h2,7H,1,3-6H2. The predicted octanol–water partition coefficient (Wildman–Crippen LogP) is 1.24. The summed E-state index contributed by atoms with van der Waals surface area (Å²) in [5, 5.41) is 0. The van der Waals surface area contributed by atoms with Gasteiger partial charge in [-0.25, -0.2) is 0 Å². The molecule has 3 aliphatic rings. The van der Waals surface area contributed by atoms with Crippen molar-refractivity contribution in [1.29, 1.82) is 0 Å². The highest BCUT2D eigenvalue weighted by Gasteiger charge is 2.84. The van der Waals surface area contributed by atoms with Gasteiger partial charge in [-0.3, -0.25) is 4.79 Å². The van der Waals surface area contributed by atoms with E-state index in [1.54, 1.807) is 0 Å². The molecule has 0 aromatic heterocycles. The predicted molar refractivity (Wildman–Crippen MR) is 44.7 cm³/mol. The minimum atomic E-state index is -0.140. The van der Waals surface area contributed by atoms with Crippen molar-refractivity contribution in [3.8, 4) is 0 Å². The van der Waals surface area contributed by atoms with E-state index < -0.39 is 0 Å². The molecule has 1 aliphatic heterocycles. The lowest BCUT2D eigenvalue weighted by Gasteiger charge is -2.42. The molecule has 1 heterocycles. The van der Waals surface area contributed by atoms with E-state index in [2.05, 4.69) is 6.58 Å². The molecule has 0 spiro atoms. The van der Waals surface area contributed by atoms with Crippen LogP contribution in [-0.2, 0) is 14.3 Å². The van der Waals surface area contributed by atoms with Crippen LogP contribution in [0.15, 0.2) is 12.8 Å². The summed E-state index contributed by atoms with van der Waals surface area (Å²) in [5.74, 6) is 0.00247. The largest absolute Gasteiger partial charge is 0.494 e. The first-order valence-electron chi connectivity index (χ1n) is 4.69. The molecule has 13 heavy (non-hydrogen) atoms. The third kappa shape index (κ3) is 0.587. The molecule has 0 amide bonds. The van der Waals surface area contributed by atoms with Crippen molar-refractivity contribution < 1.29 is 14.3 Å². The lowest BCUT2D eigenvalue weighted by Crippen LogP contribution is -2.49. The van der Waals surface area contributed by atoms with E-state index in [1.165, 1.54) is 6.26 Å². The fourth-order valence-corrected chi connectivity index (χ4v) is 3.11. The third-order valence-electron chi connectivity index (χ3n) is 4.08. The zero-order valence-corrected chi connectivity index (χ0v) is 7.41. The van der Waals surface area contributed by atoms with Crippen LogP contribution in [-0.4, -0.2) is 18.7 Å². The Labute approximate surface area is 76.7 Å². The Balaban J connectivity index is 1.89. The number of hydrogen-bond donors (Lipinski definition) is 0. The SMILES string of the molecule is C=COC1COC(=O)C23CCC12C3. The van der Waals surface area contributed by atoms with Crippen LogP contribution < -0.4 is 0 Å². The summed E-state index contributed by atoms with van der Waals surface area (Å²) in [5.41, 5.74) is -0.00451. The molecule has 0 bridgehead atoms. The van der Waals surface area contributed by atoms with Crippen molar-refractivity contribution in [3.63, 3.8) is 0 Å². The second-order valence-corrected chi connectivity index (χ2v) is 4.30. The minimum absolute atomic E-state index is 0.00247. The summed E-state index contributed by atoms with van der Waals surface area (Å²) in [6, 6.07) is 0. The van der Waals surface area contributed by atoms with Gasteiger partial charge in [0.25, 0.3) is 0 Å². The first-order valence-corrected chi connectivity index (χ1v) is 4.69. The zero-order valence-electron chi connectivity index (χ0n) is 7.41. The number of cyclic esters (lactones) is 1. The van der Waals surface area contributed by atoms with Crippen LogP contribution in [0, 0.1) is 10.8 Å². The zero-order chi connectivity index (χ0) is 9.10. The van der Waals surface area contributed by atoms with Gasteiger partial charge in [-0.15, -0.1) is 0 Å². The summed E-state index contributed by atoms with van der Waals surface area (Å²) in [6.07, 6.45) is 4.59.